The highest BCUT2D eigenvalue weighted by Crippen LogP contribution is 2.23. The lowest BCUT2D eigenvalue weighted by molar-refractivity contribution is -0.121. The zero-order chi connectivity index (χ0) is 14.6. The minimum Gasteiger partial charge on any atom is -0.491 e. The van der Waals surface area contributed by atoms with E-state index in [0.29, 0.717) is 31.3 Å². The van der Waals surface area contributed by atoms with Crippen molar-refractivity contribution < 1.29 is 19.0 Å². The molecule has 1 N–H and O–H groups in total. The van der Waals surface area contributed by atoms with Crippen LogP contribution in [0.25, 0.3) is 0 Å². The van der Waals surface area contributed by atoms with Crippen molar-refractivity contribution in [2.45, 2.75) is 19.8 Å². The first-order valence-electron chi connectivity index (χ1n) is 6.86. The van der Waals surface area contributed by atoms with Gasteiger partial charge in [-0.1, -0.05) is 25.5 Å². The zero-order valence-corrected chi connectivity index (χ0v) is 12.2. The minimum atomic E-state index is -0.201. The molecule has 0 aliphatic heterocycles. The van der Waals surface area contributed by atoms with Crippen LogP contribution in [0.1, 0.15) is 19.8 Å². The van der Waals surface area contributed by atoms with Gasteiger partial charge in [0.15, 0.2) is 0 Å². The van der Waals surface area contributed by atoms with E-state index in [1.165, 1.54) is 0 Å². The minimum absolute atomic E-state index is 0.00660. The van der Waals surface area contributed by atoms with E-state index < -0.39 is 0 Å². The molecule has 5 heteroatoms. The van der Waals surface area contributed by atoms with Crippen molar-refractivity contribution in [3.8, 4) is 5.75 Å². The van der Waals surface area contributed by atoms with Gasteiger partial charge in [-0.2, -0.15) is 0 Å². The van der Waals surface area contributed by atoms with Gasteiger partial charge >= 0.3 is 0 Å². The highest BCUT2D eigenvalue weighted by Gasteiger charge is 2.07. The van der Waals surface area contributed by atoms with Gasteiger partial charge in [-0.25, -0.2) is 0 Å². The van der Waals surface area contributed by atoms with Crippen molar-refractivity contribution >= 4 is 11.6 Å². The third-order valence-corrected chi connectivity index (χ3v) is 2.58. The molecule has 112 valence electrons. The summed E-state index contributed by atoms with van der Waals surface area (Å²) in [6.45, 7) is 3.64. The van der Waals surface area contributed by atoms with E-state index in [4.69, 9.17) is 14.2 Å². The normalized spacial score (nSPS) is 10.3. The van der Waals surface area contributed by atoms with Crippen LogP contribution < -0.4 is 10.1 Å². The van der Waals surface area contributed by atoms with Gasteiger partial charge in [0.05, 0.1) is 25.5 Å². The molecule has 1 rings (SSSR count). The average molecular weight is 281 g/mol. The van der Waals surface area contributed by atoms with Gasteiger partial charge in [0.2, 0.25) is 5.91 Å². The van der Waals surface area contributed by atoms with Crippen LogP contribution >= 0.6 is 0 Å². The van der Waals surface area contributed by atoms with E-state index in [1.54, 1.807) is 7.11 Å². The molecule has 0 atom stereocenters. The lowest BCUT2D eigenvalue weighted by Crippen LogP contribution is -2.20. The fourth-order valence-corrected chi connectivity index (χ4v) is 1.52. The van der Waals surface area contributed by atoms with Gasteiger partial charge in [-0.05, 0) is 18.6 Å². The molecule has 1 aromatic rings. The molecule has 5 nitrogen and oxygen atoms in total. The summed E-state index contributed by atoms with van der Waals surface area (Å²) in [7, 11) is 1.59. The fourth-order valence-electron chi connectivity index (χ4n) is 1.52. The number of anilines is 1. The molecule has 0 fully saturated rings. The molecular weight excluding hydrogens is 258 g/mol. The Labute approximate surface area is 120 Å². The SMILES string of the molecule is CCCCOc1ccccc1NC(=O)COCCOC. The number of ether oxygens (including phenoxy) is 3. The maximum Gasteiger partial charge on any atom is 0.250 e. The summed E-state index contributed by atoms with van der Waals surface area (Å²) < 4.78 is 15.7. The molecule has 0 aromatic heterocycles. The molecule has 20 heavy (non-hydrogen) atoms. The molecule has 0 saturated heterocycles. The monoisotopic (exact) mass is 281 g/mol. The van der Waals surface area contributed by atoms with Gasteiger partial charge in [0.1, 0.15) is 12.4 Å². The van der Waals surface area contributed by atoms with Crippen LogP contribution in [0.4, 0.5) is 5.69 Å². The largest absolute Gasteiger partial charge is 0.491 e. The molecule has 0 saturated carbocycles. The number of hydrogen-bond acceptors (Lipinski definition) is 4. The maximum atomic E-state index is 11.7. The predicted molar refractivity (Wildman–Crippen MR) is 78.2 cm³/mol. The summed E-state index contributed by atoms with van der Waals surface area (Å²) in [5, 5.41) is 2.78. The first kappa shape index (κ1) is 16.5. The maximum absolute atomic E-state index is 11.7. The Kier molecular flexibility index (Phi) is 8.42. The van der Waals surface area contributed by atoms with Gasteiger partial charge in [-0.15, -0.1) is 0 Å². The van der Waals surface area contributed by atoms with Crippen LogP contribution in [0.2, 0.25) is 0 Å². The molecule has 1 aromatic carbocycles. The van der Waals surface area contributed by atoms with Crippen LogP contribution in [-0.2, 0) is 14.3 Å². The van der Waals surface area contributed by atoms with Crippen LogP contribution in [0.5, 0.6) is 5.75 Å². The summed E-state index contributed by atoms with van der Waals surface area (Å²) in [5.74, 6) is 0.485. The van der Waals surface area contributed by atoms with E-state index >= 15 is 0 Å². The van der Waals surface area contributed by atoms with Crippen molar-refractivity contribution in [2.24, 2.45) is 0 Å². The molecule has 0 spiro atoms. The first-order valence-corrected chi connectivity index (χ1v) is 6.86. The number of rotatable bonds is 10. The molecule has 0 aliphatic carbocycles. The van der Waals surface area contributed by atoms with Gasteiger partial charge in [-0.3, -0.25) is 4.79 Å². The lowest BCUT2D eigenvalue weighted by Gasteiger charge is -2.12. The molecule has 0 unspecified atom stereocenters. The number of methoxy groups -OCH3 is 1. The number of unbranched alkanes of at least 4 members (excludes halogenated alkanes) is 1. The number of para-hydroxylation sites is 2. The van der Waals surface area contributed by atoms with Crippen molar-refractivity contribution in [3.05, 3.63) is 24.3 Å². The summed E-state index contributed by atoms with van der Waals surface area (Å²) in [4.78, 5) is 11.7. The molecule has 0 bridgehead atoms. The standard InChI is InChI=1S/C15H23NO4/c1-3-4-9-20-14-8-6-5-7-13(14)16-15(17)12-19-11-10-18-2/h5-8H,3-4,9-12H2,1-2H3,(H,16,17). The Balaban J connectivity index is 2.43. The van der Waals surface area contributed by atoms with Gasteiger partial charge < -0.3 is 19.5 Å². The Morgan fingerprint density at radius 2 is 2.00 bits per heavy atom. The number of amides is 1. The van der Waals surface area contributed by atoms with Crippen molar-refractivity contribution in [3.63, 3.8) is 0 Å². The topological polar surface area (TPSA) is 56.8 Å². The van der Waals surface area contributed by atoms with E-state index in [0.717, 1.165) is 12.8 Å². The molecular formula is C15H23NO4. The van der Waals surface area contributed by atoms with Crippen molar-refractivity contribution in [1.29, 1.82) is 0 Å². The van der Waals surface area contributed by atoms with Gasteiger partial charge in [0, 0.05) is 7.11 Å². The average Bonchev–Trinajstić information content (AvgIpc) is 2.46. The number of carbonyl (C=O) groups excluding carboxylic acids is 1. The number of benzene rings is 1. The van der Waals surface area contributed by atoms with Crippen LogP contribution in [0.3, 0.4) is 0 Å². The highest BCUT2D eigenvalue weighted by molar-refractivity contribution is 5.93. The quantitative estimate of drug-likeness (QED) is 0.669. The summed E-state index contributed by atoms with van der Waals surface area (Å²) in [6, 6.07) is 7.39. The van der Waals surface area contributed by atoms with Crippen LogP contribution in [-0.4, -0.2) is 39.4 Å². The summed E-state index contributed by atoms with van der Waals surface area (Å²) in [6.07, 6.45) is 2.06. The number of carbonyl (C=O) groups is 1. The molecule has 0 aliphatic rings. The zero-order valence-electron chi connectivity index (χ0n) is 12.2. The summed E-state index contributed by atoms with van der Waals surface area (Å²) >= 11 is 0. The van der Waals surface area contributed by atoms with E-state index in [9.17, 15) is 4.79 Å². The Morgan fingerprint density at radius 1 is 1.20 bits per heavy atom. The third kappa shape index (κ3) is 6.54. The lowest BCUT2D eigenvalue weighted by atomic mass is 10.3. The second kappa shape index (κ2) is 10.2. The highest BCUT2D eigenvalue weighted by atomic mass is 16.5. The molecule has 0 heterocycles. The third-order valence-electron chi connectivity index (χ3n) is 2.58. The second-order valence-electron chi connectivity index (χ2n) is 4.29. The van der Waals surface area contributed by atoms with E-state index in [2.05, 4.69) is 12.2 Å². The summed E-state index contributed by atoms with van der Waals surface area (Å²) in [5.41, 5.74) is 0.670. The predicted octanol–water partition coefficient (Wildman–Crippen LogP) is 2.47. The van der Waals surface area contributed by atoms with Gasteiger partial charge in [0.25, 0.3) is 0 Å². The Bertz CT molecular complexity index is 395. The fraction of sp³-hybridized carbons (Fsp3) is 0.533. The number of nitrogens with one attached hydrogen (secondary N) is 1. The second-order valence-corrected chi connectivity index (χ2v) is 4.29. The van der Waals surface area contributed by atoms with Crippen molar-refractivity contribution in [2.75, 3.05) is 38.9 Å². The Hall–Kier alpha value is -1.59. The first-order chi connectivity index (χ1) is 9.77. The van der Waals surface area contributed by atoms with Crippen LogP contribution in [0, 0.1) is 0 Å². The van der Waals surface area contributed by atoms with E-state index in [1.807, 2.05) is 24.3 Å². The molecule has 0 radical (unpaired) electrons. The van der Waals surface area contributed by atoms with Crippen LogP contribution in [0.15, 0.2) is 24.3 Å². The number of hydrogen-bond donors (Lipinski definition) is 1. The molecule has 1 amide bonds. The van der Waals surface area contributed by atoms with Crippen molar-refractivity contribution in [1.82, 2.24) is 0 Å². The smallest absolute Gasteiger partial charge is 0.250 e. The Morgan fingerprint density at radius 3 is 2.75 bits per heavy atom. The van der Waals surface area contributed by atoms with E-state index in [-0.39, 0.29) is 12.5 Å².